The van der Waals surface area contributed by atoms with Gasteiger partial charge in [0.2, 0.25) is 0 Å². The van der Waals surface area contributed by atoms with Gasteiger partial charge in [-0.3, -0.25) is 0 Å². The normalized spacial score (nSPS) is 27.5. The summed E-state index contributed by atoms with van der Waals surface area (Å²) in [5.74, 6) is 0.558. The van der Waals surface area contributed by atoms with Gasteiger partial charge in [-0.25, -0.2) is 4.79 Å². The minimum atomic E-state index is -0.665. The van der Waals surface area contributed by atoms with Crippen LogP contribution in [0.4, 0.5) is 4.79 Å². The molecule has 3 heteroatoms. The number of ether oxygens (including phenoxy) is 1. The third-order valence-electron chi connectivity index (χ3n) is 3.75. The van der Waals surface area contributed by atoms with Gasteiger partial charge >= 0.3 is 5.43 Å². The molecule has 1 atom stereocenters. The van der Waals surface area contributed by atoms with Crippen LogP contribution in [0, 0.1) is 11.3 Å². The highest BCUT2D eigenvalue weighted by Gasteiger charge is 2.50. The van der Waals surface area contributed by atoms with Crippen molar-refractivity contribution in [1.29, 1.82) is 0 Å². The number of rotatable bonds is 2. The Kier molecular flexibility index (Phi) is 2.26. The van der Waals surface area contributed by atoms with Crippen LogP contribution in [-0.2, 0) is 4.74 Å². The van der Waals surface area contributed by atoms with Crippen molar-refractivity contribution >= 4 is 17.0 Å². The van der Waals surface area contributed by atoms with Crippen LogP contribution in [0.1, 0.15) is 39.0 Å². The van der Waals surface area contributed by atoms with Gasteiger partial charge in [-0.15, -0.1) is 0 Å². The van der Waals surface area contributed by atoms with E-state index in [4.69, 9.17) is 16.3 Å². The molecule has 2 saturated carbocycles. The van der Waals surface area contributed by atoms with Gasteiger partial charge < -0.3 is 4.74 Å². The van der Waals surface area contributed by atoms with Crippen LogP contribution in [0.15, 0.2) is 0 Å². The maximum atomic E-state index is 10.5. The van der Waals surface area contributed by atoms with Crippen molar-refractivity contribution in [2.75, 3.05) is 0 Å². The Morgan fingerprint density at radius 2 is 2.15 bits per heavy atom. The lowest BCUT2D eigenvalue weighted by atomic mass is 9.51. The van der Waals surface area contributed by atoms with Crippen LogP contribution in [0.5, 0.6) is 0 Å². The van der Waals surface area contributed by atoms with Crippen molar-refractivity contribution in [3.63, 3.8) is 0 Å². The molecule has 0 aliphatic heterocycles. The second-order valence-electron chi connectivity index (χ2n) is 4.58. The summed E-state index contributed by atoms with van der Waals surface area (Å²) in [4.78, 5) is 10.5. The topological polar surface area (TPSA) is 26.3 Å². The number of carbonyl (C=O) groups excluding carboxylic acids is 1. The number of hydrogen-bond donors (Lipinski definition) is 0. The molecule has 2 rings (SSSR count). The lowest BCUT2D eigenvalue weighted by Gasteiger charge is -2.55. The fraction of sp³-hybridized carbons (Fsp3) is 0.900. The molecule has 2 aliphatic rings. The van der Waals surface area contributed by atoms with Crippen LogP contribution in [0.25, 0.3) is 0 Å². The van der Waals surface area contributed by atoms with Crippen LogP contribution in [0.3, 0.4) is 0 Å². The van der Waals surface area contributed by atoms with E-state index in [2.05, 4.69) is 0 Å². The first-order chi connectivity index (χ1) is 6.11. The first kappa shape index (κ1) is 9.32. The minimum absolute atomic E-state index is 0.0104. The van der Waals surface area contributed by atoms with Crippen molar-refractivity contribution in [3.8, 4) is 0 Å². The highest BCUT2D eigenvalue weighted by Crippen LogP contribution is 2.59. The molecule has 0 aromatic carbocycles. The van der Waals surface area contributed by atoms with Gasteiger partial charge in [0.15, 0.2) is 0 Å². The molecule has 0 bridgehead atoms. The Balaban J connectivity index is 1.75. The van der Waals surface area contributed by atoms with Gasteiger partial charge in [0, 0.05) is 11.6 Å². The molecule has 2 fully saturated rings. The standard InChI is InChI=1S/C10H15ClO2/c1-7(13-9(11)12)8-5-10(6-8)3-2-4-10/h7-8H,2-6H2,1H3. The van der Waals surface area contributed by atoms with E-state index in [1.807, 2.05) is 6.92 Å². The fourth-order valence-corrected chi connectivity index (χ4v) is 2.85. The number of carbonyl (C=O) groups is 1. The number of hydrogen-bond acceptors (Lipinski definition) is 2. The summed E-state index contributed by atoms with van der Waals surface area (Å²) in [6.45, 7) is 1.94. The molecule has 0 N–H and O–H groups in total. The predicted octanol–water partition coefficient (Wildman–Crippen LogP) is 3.33. The monoisotopic (exact) mass is 202 g/mol. The predicted molar refractivity (Wildman–Crippen MR) is 50.8 cm³/mol. The molecule has 0 aromatic heterocycles. The SMILES string of the molecule is CC(OC(=O)Cl)C1CC2(CCC2)C1. The molecule has 2 aliphatic carbocycles. The molecule has 0 aromatic rings. The van der Waals surface area contributed by atoms with Gasteiger partial charge in [0.1, 0.15) is 6.10 Å². The van der Waals surface area contributed by atoms with Crippen LogP contribution >= 0.6 is 11.6 Å². The highest BCUT2D eigenvalue weighted by molar-refractivity contribution is 6.61. The summed E-state index contributed by atoms with van der Waals surface area (Å²) in [6.07, 6.45) is 6.62. The van der Waals surface area contributed by atoms with E-state index < -0.39 is 5.43 Å². The lowest BCUT2D eigenvalue weighted by molar-refractivity contribution is -0.0736. The first-order valence-corrected chi connectivity index (χ1v) is 5.35. The summed E-state index contributed by atoms with van der Waals surface area (Å²) in [5, 5.41) is 0. The smallest absolute Gasteiger partial charge is 0.404 e. The van der Waals surface area contributed by atoms with Crippen molar-refractivity contribution < 1.29 is 9.53 Å². The third kappa shape index (κ3) is 1.69. The molecular formula is C10H15ClO2. The van der Waals surface area contributed by atoms with Gasteiger partial charge in [-0.05, 0) is 43.9 Å². The van der Waals surface area contributed by atoms with Crippen molar-refractivity contribution in [2.45, 2.75) is 45.1 Å². The van der Waals surface area contributed by atoms with Gasteiger partial charge in [0.05, 0.1) is 0 Å². The van der Waals surface area contributed by atoms with E-state index in [1.165, 1.54) is 32.1 Å². The molecule has 1 unspecified atom stereocenters. The van der Waals surface area contributed by atoms with E-state index in [0.29, 0.717) is 11.3 Å². The zero-order chi connectivity index (χ0) is 9.47. The highest BCUT2D eigenvalue weighted by atomic mass is 35.5. The Labute approximate surface area is 83.6 Å². The van der Waals surface area contributed by atoms with Crippen LogP contribution in [-0.4, -0.2) is 11.5 Å². The van der Waals surface area contributed by atoms with Gasteiger partial charge in [-0.1, -0.05) is 6.42 Å². The van der Waals surface area contributed by atoms with E-state index in [-0.39, 0.29) is 6.10 Å². The molecule has 0 saturated heterocycles. The average Bonchev–Trinajstić information content (AvgIpc) is 1.77. The van der Waals surface area contributed by atoms with Crippen molar-refractivity contribution in [1.82, 2.24) is 0 Å². The van der Waals surface area contributed by atoms with Crippen molar-refractivity contribution in [3.05, 3.63) is 0 Å². The minimum Gasteiger partial charge on any atom is -0.450 e. The molecule has 2 nitrogen and oxygen atoms in total. The van der Waals surface area contributed by atoms with Crippen molar-refractivity contribution in [2.24, 2.45) is 11.3 Å². The third-order valence-corrected chi connectivity index (χ3v) is 3.84. The summed E-state index contributed by atoms with van der Waals surface area (Å²) < 4.78 is 4.94. The van der Waals surface area contributed by atoms with Crippen LogP contribution in [0.2, 0.25) is 0 Å². The van der Waals surface area contributed by atoms with Crippen LogP contribution < -0.4 is 0 Å². The second kappa shape index (κ2) is 3.16. The van der Waals surface area contributed by atoms with E-state index >= 15 is 0 Å². The maximum absolute atomic E-state index is 10.5. The Hall–Kier alpha value is -0.240. The maximum Gasteiger partial charge on any atom is 0.404 e. The molecule has 0 radical (unpaired) electrons. The summed E-state index contributed by atoms with van der Waals surface area (Å²) >= 11 is 5.16. The quantitative estimate of drug-likeness (QED) is 0.642. The van der Waals surface area contributed by atoms with Gasteiger partial charge in [0.25, 0.3) is 0 Å². The fourth-order valence-electron chi connectivity index (χ4n) is 2.71. The average molecular weight is 203 g/mol. The van der Waals surface area contributed by atoms with Gasteiger partial charge in [-0.2, -0.15) is 0 Å². The van der Waals surface area contributed by atoms with E-state index in [0.717, 1.165) is 0 Å². The summed E-state index contributed by atoms with van der Waals surface area (Å²) in [7, 11) is 0. The second-order valence-corrected chi connectivity index (χ2v) is 4.89. The van der Waals surface area contributed by atoms with E-state index in [1.54, 1.807) is 0 Å². The summed E-state index contributed by atoms with van der Waals surface area (Å²) in [5.41, 5.74) is -0.0143. The summed E-state index contributed by atoms with van der Waals surface area (Å²) in [6, 6.07) is 0. The Bertz CT molecular complexity index is 215. The zero-order valence-electron chi connectivity index (χ0n) is 7.88. The molecule has 13 heavy (non-hydrogen) atoms. The largest absolute Gasteiger partial charge is 0.450 e. The molecular weight excluding hydrogens is 188 g/mol. The molecule has 0 amide bonds. The molecule has 0 heterocycles. The first-order valence-electron chi connectivity index (χ1n) is 4.97. The molecule has 1 spiro atoms. The molecule has 74 valence electrons. The lowest BCUT2D eigenvalue weighted by Crippen LogP contribution is -2.47. The Morgan fingerprint density at radius 1 is 1.54 bits per heavy atom. The Morgan fingerprint density at radius 3 is 2.54 bits per heavy atom. The zero-order valence-corrected chi connectivity index (χ0v) is 8.64. The number of halogens is 1. The van der Waals surface area contributed by atoms with E-state index in [9.17, 15) is 4.79 Å².